The SMILES string of the molecule is Cc1[nH]c2c(Br)cccc2c1C(=O)N(C)C. The molecule has 1 N–H and O–H groups in total. The first-order valence-corrected chi connectivity index (χ1v) is 5.80. The Morgan fingerprint density at radius 3 is 2.69 bits per heavy atom. The van der Waals surface area contributed by atoms with Gasteiger partial charge < -0.3 is 9.88 Å². The number of hydrogen-bond donors (Lipinski definition) is 1. The van der Waals surface area contributed by atoms with E-state index in [1.165, 1.54) is 0 Å². The fourth-order valence-corrected chi connectivity index (χ4v) is 2.28. The first-order chi connectivity index (χ1) is 7.52. The summed E-state index contributed by atoms with van der Waals surface area (Å²) < 4.78 is 0.978. The summed E-state index contributed by atoms with van der Waals surface area (Å²) in [5.41, 5.74) is 2.63. The topological polar surface area (TPSA) is 36.1 Å². The largest absolute Gasteiger partial charge is 0.357 e. The van der Waals surface area contributed by atoms with E-state index in [0.717, 1.165) is 26.6 Å². The van der Waals surface area contributed by atoms with Gasteiger partial charge in [0.2, 0.25) is 0 Å². The lowest BCUT2D eigenvalue weighted by atomic mass is 10.1. The summed E-state index contributed by atoms with van der Waals surface area (Å²) >= 11 is 3.47. The summed E-state index contributed by atoms with van der Waals surface area (Å²) in [6.07, 6.45) is 0. The molecule has 0 aliphatic heterocycles. The summed E-state index contributed by atoms with van der Waals surface area (Å²) in [5, 5.41) is 0.963. The lowest BCUT2D eigenvalue weighted by molar-refractivity contribution is 0.0829. The minimum absolute atomic E-state index is 0.0295. The molecule has 4 heteroatoms. The van der Waals surface area contributed by atoms with Gasteiger partial charge in [0.05, 0.1) is 11.1 Å². The number of hydrogen-bond acceptors (Lipinski definition) is 1. The molecular weight excluding hydrogens is 268 g/mol. The number of fused-ring (bicyclic) bond motifs is 1. The van der Waals surface area contributed by atoms with Gasteiger partial charge in [-0.25, -0.2) is 0 Å². The molecule has 0 saturated heterocycles. The van der Waals surface area contributed by atoms with E-state index in [0.29, 0.717) is 0 Å². The van der Waals surface area contributed by atoms with Gasteiger partial charge in [0.1, 0.15) is 0 Å². The molecule has 2 aromatic rings. The lowest BCUT2D eigenvalue weighted by Crippen LogP contribution is -2.22. The van der Waals surface area contributed by atoms with Crippen molar-refractivity contribution in [3.63, 3.8) is 0 Å². The molecular formula is C12H13BrN2O. The quantitative estimate of drug-likeness (QED) is 0.857. The molecule has 16 heavy (non-hydrogen) atoms. The molecule has 1 heterocycles. The van der Waals surface area contributed by atoms with Crippen LogP contribution in [-0.4, -0.2) is 29.9 Å². The fraction of sp³-hybridized carbons (Fsp3) is 0.250. The molecule has 0 fully saturated rings. The highest BCUT2D eigenvalue weighted by Gasteiger charge is 2.18. The molecule has 0 spiro atoms. The lowest BCUT2D eigenvalue weighted by Gasteiger charge is -2.10. The number of nitrogens with one attached hydrogen (secondary N) is 1. The normalized spacial score (nSPS) is 10.8. The Labute approximate surface area is 103 Å². The van der Waals surface area contributed by atoms with E-state index in [1.807, 2.05) is 25.1 Å². The van der Waals surface area contributed by atoms with Crippen LogP contribution in [0.3, 0.4) is 0 Å². The summed E-state index contributed by atoms with van der Waals surface area (Å²) in [4.78, 5) is 16.9. The third-order valence-corrected chi connectivity index (χ3v) is 3.25. The number of aryl methyl sites for hydroxylation is 1. The van der Waals surface area contributed by atoms with Crippen LogP contribution in [0.15, 0.2) is 22.7 Å². The minimum atomic E-state index is 0.0295. The maximum absolute atomic E-state index is 12.0. The second kappa shape index (κ2) is 3.94. The molecule has 84 valence electrons. The van der Waals surface area contributed by atoms with Gasteiger partial charge in [0.15, 0.2) is 0 Å². The molecule has 1 aromatic heterocycles. The van der Waals surface area contributed by atoms with Crippen molar-refractivity contribution in [3.05, 3.63) is 33.9 Å². The number of H-pyrrole nitrogens is 1. The predicted molar refractivity (Wildman–Crippen MR) is 68.8 cm³/mol. The van der Waals surface area contributed by atoms with Crippen molar-refractivity contribution in [3.8, 4) is 0 Å². The number of carbonyl (C=O) groups is 1. The zero-order chi connectivity index (χ0) is 11.9. The highest BCUT2D eigenvalue weighted by Crippen LogP contribution is 2.28. The third-order valence-electron chi connectivity index (χ3n) is 2.59. The van der Waals surface area contributed by atoms with Gasteiger partial charge in [-0.3, -0.25) is 4.79 Å². The first-order valence-electron chi connectivity index (χ1n) is 5.01. The van der Waals surface area contributed by atoms with Crippen molar-refractivity contribution >= 4 is 32.7 Å². The highest BCUT2D eigenvalue weighted by atomic mass is 79.9. The number of aromatic amines is 1. The standard InChI is InChI=1S/C12H13BrN2O/c1-7-10(12(16)15(2)3)8-5-4-6-9(13)11(8)14-7/h4-6,14H,1-3H3. The van der Waals surface area contributed by atoms with Gasteiger partial charge in [-0.05, 0) is 28.9 Å². The monoisotopic (exact) mass is 280 g/mol. The summed E-state index contributed by atoms with van der Waals surface area (Å²) in [7, 11) is 3.52. The number of para-hydroxylation sites is 1. The van der Waals surface area contributed by atoms with Gasteiger partial charge in [-0.1, -0.05) is 12.1 Å². The molecule has 0 bridgehead atoms. The maximum Gasteiger partial charge on any atom is 0.255 e. The van der Waals surface area contributed by atoms with Crippen LogP contribution in [0.25, 0.3) is 10.9 Å². The van der Waals surface area contributed by atoms with Crippen molar-refractivity contribution in [1.29, 1.82) is 0 Å². The Kier molecular flexibility index (Phi) is 2.76. The van der Waals surface area contributed by atoms with Gasteiger partial charge in [0, 0.05) is 29.6 Å². The molecule has 0 unspecified atom stereocenters. The minimum Gasteiger partial charge on any atom is -0.357 e. The van der Waals surface area contributed by atoms with Crippen molar-refractivity contribution in [2.45, 2.75) is 6.92 Å². The van der Waals surface area contributed by atoms with Crippen LogP contribution in [0.2, 0.25) is 0 Å². The Balaban J connectivity index is 2.75. The van der Waals surface area contributed by atoms with Crippen molar-refractivity contribution in [2.75, 3.05) is 14.1 Å². The molecule has 3 nitrogen and oxygen atoms in total. The maximum atomic E-state index is 12.0. The molecule has 1 aromatic carbocycles. The average Bonchev–Trinajstić information content (AvgIpc) is 2.55. The molecule has 0 aliphatic carbocycles. The van der Waals surface area contributed by atoms with Crippen LogP contribution >= 0.6 is 15.9 Å². The van der Waals surface area contributed by atoms with Crippen molar-refractivity contribution in [1.82, 2.24) is 9.88 Å². The van der Waals surface area contributed by atoms with E-state index in [2.05, 4.69) is 20.9 Å². The molecule has 0 saturated carbocycles. The van der Waals surface area contributed by atoms with Crippen LogP contribution < -0.4 is 0 Å². The molecule has 1 amide bonds. The average molecular weight is 281 g/mol. The summed E-state index contributed by atoms with van der Waals surface area (Å²) in [6, 6.07) is 5.86. The van der Waals surface area contributed by atoms with Crippen LogP contribution in [0.1, 0.15) is 16.1 Å². The third kappa shape index (κ3) is 1.63. The van der Waals surface area contributed by atoms with E-state index >= 15 is 0 Å². The number of halogens is 1. The molecule has 0 atom stereocenters. The van der Waals surface area contributed by atoms with Gasteiger partial charge in [0.25, 0.3) is 5.91 Å². The van der Waals surface area contributed by atoms with E-state index < -0.39 is 0 Å². The second-order valence-electron chi connectivity index (χ2n) is 3.99. The summed E-state index contributed by atoms with van der Waals surface area (Å²) in [5.74, 6) is 0.0295. The Hall–Kier alpha value is -1.29. The van der Waals surface area contributed by atoms with E-state index in [4.69, 9.17) is 0 Å². The Bertz CT molecular complexity index is 557. The number of benzene rings is 1. The van der Waals surface area contributed by atoms with Gasteiger partial charge in [-0.15, -0.1) is 0 Å². The van der Waals surface area contributed by atoms with Gasteiger partial charge >= 0.3 is 0 Å². The molecule has 0 aliphatic rings. The van der Waals surface area contributed by atoms with Crippen LogP contribution in [0, 0.1) is 6.92 Å². The van der Waals surface area contributed by atoms with E-state index in [-0.39, 0.29) is 5.91 Å². The smallest absolute Gasteiger partial charge is 0.255 e. The van der Waals surface area contributed by atoms with Gasteiger partial charge in [-0.2, -0.15) is 0 Å². The van der Waals surface area contributed by atoms with Crippen LogP contribution in [-0.2, 0) is 0 Å². The second-order valence-corrected chi connectivity index (χ2v) is 4.84. The van der Waals surface area contributed by atoms with Crippen molar-refractivity contribution < 1.29 is 4.79 Å². The number of rotatable bonds is 1. The zero-order valence-electron chi connectivity index (χ0n) is 9.47. The Morgan fingerprint density at radius 1 is 1.38 bits per heavy atom. The zero-order valence-corrected chi connectivity index (χ0v) is 11.1. The number of nitrogens with zero attached hydrogens (tertiary/aromatic N) is 1. The fourth-order valence-electron chi connectivity index (χ4n) is 1.81. The number of carbonyl (C=O) groups excluding carboxylic acids is 1. The molecule has 2 rings (SSSR count). The first kappa shape index (κ1) is 11.2. The van der Waals surface area contributed by atoms with Crippen molar-refractivity contribution in [2.24, 2.45) is 0 Å². The number of amides is 1. The van der Waals surface area contributed by atoms with E-state index in [9.17, 15) is 4.79 Å². The molecule has 0 radical (unpaired) electrons. The summed E-state index contributed by atoms with van der Waals surface area (Å²) in [6.45, 7) is 1.92. The number of aromatic nitrogens is 1. The van der Waals surface area contributed by atoms with Crippen LogP contribution in [0.4, 0.5) is 0 Å². The van der Waals surface area contributed by atoms with Crippen LogP contribution in [0.5, 0.6) is 0 Å². The predicted octanol–water partition coefficient (Wildman–Crippen LogP) is 2.94. The Morgan fingerprint density at radius 2 is 2.06 bits per heavy atom. The highest BCUT2D eigenvalue weighted by molar-refractivity contribution is 9.10. The van der Waals surface area contributed by atoms with E-state index in [1.54, 1.807) is 19.0 Å².